The molecule has 1 N–H and O–H groups in total. The number of carbonyl (C=O) groups is 1. The van der Waals surface area contributed by atoms with Crippen LogP contribution in [-0.2, 0) is 12.8 Å². The van der Waals surface area contributed by atoms with Gasteiger partial charge in [-0.05, 0) is 102 Å². The van der Waals surface area contributed by atoms with E-state index in [0.29, 0.717) is 0 Å². The van der Waals surface area contributed by atoms with Crippen molar-refractivity contribution in [2.75, 3.05) is 39.3 Å². The first kappa shape index (κ1) is 19.4. The van der Waals surface area contributed by atoms with Gasteiger partial charge in [-0.1, -0.05) is 6.42 Å². The number of fused-ring (bicyclic) bond motifs is 1. The molecule has 3 aliphatic rings. The molecule has 3 heterocycles. The molecule has 0 spiro atoms. The van der Waals surface area contributed by atoms with E-state index in [2.05, 4.69) is 21.2 Å². The van der Waals surface area contributed by atoms with E-state index in [9.17, 15) is 4.79 Å². The van der Waals surface area contributed by atoms with Gasteiger partial charge >= 0.3 is 0 Å². The summed E-state index contributed by atoms with van der Waals surface area (Å²) < 4.78 is 0. The zero-order valence-corrected chi connectivity index (χ0v) is 17.5. The Hall–Kier alpha value is -0.910. The molecule has 2 fully saturated rings. The molecule has 1 amide bonds. The molecule has 150 valence electrons. The van der Waals surface area contributed by atoms with Crippen LogP contribution in [0, 0.1) is 0 Å². The molecule has 2 saturated heterocycles. The van der Waals surface area contributed by atoms with Crippen molar-refractivity contribution in [3.05, 3.63) is 21.4 Å². The first-order valence-electron chi connectivity index (χ1n) is 11.2. The molecule has 0 aromatic carbocycles. The fraction of sp³-hybridized carbons (Fsp3) is 0.773. The van der Waals surface area contributed by atoms with Gasteiger partial charge in [-0.2, -0.15) is 0 Å². The Morgan fingerprint density at radius 3 is 2.59 bits per heavy atom. The summed E-state index contributed by atoms with van der Waals surface area (Å²) in [6.45, 7) is 7.02. The van der Waals surface area contributed by atoms with Crippen LogP contribution >= 0.6 is 11.3 Å². The maximum absolute atomic E-state index is 12.4. The van der Waals surface area contributed by atoms with Gasteiger partial charge in [0.25, 0.3) is 5.91 Å². The highest BCUT2D eigenvalue weighted by Gasteiger charge is 2.25. The second-order valence-corrected chi connectivity index (χ2v) is 9.68. The maximum Gasteiger partial charge on any atom is 0.261 e. The van der Waals surface area contributed by atoms with Gasteiger partial charge in [-0.25, -0.2) is 0 Å². The van der Waals surface area contributed by atoms with Gasteiger partial charge in [0.05, 0.1) is 4.88 Å². The van der Waals surface area contributed by atoms with Crippen molar-refractivity contribution in [2.24, 2.45) is 0 Å². The number of likely N-dealkylation sites (tertiary alicyclic amines) is 2. The molecule has 0 atom stereocenters. The number of thiophene rings is 1. The Kier molecular flexibility index (Phi) is 6.85. The third-order valence-corrected chi connectivity index (χ3v) is 7.86. The second-order valence-electron chi connectivity index (χ2n) is 8.55. The summed E-state index contributed by atoms with van der Waals surface area (Å²) >= 11 is 1.72. The molecule has 1 aliphatic carbocycles. The smallest absolute Gasteiger partial charge is 0.261 e. The highest BCUT2D eigenvalue weighted by atomic mass is 32.1. The number of hydrogen-bond donors (Lipinski definition) is 1. The van der Waals surface area contributed by atoms with Crippen LogP contribution in [-0.4, -0.2) is 61.0 Å². The minimum absolute atomic E-state index is 0.137. The summed E-state index contributed by atoms with van der Waals surface area (Å²) in [5.41, 5.74) is 1.42. The fourth-order valence-electron chi connectivity index (χ4n) is 4.99. The molecule has 2 aliphatic heterocycles. The van der Waals surface area contributed by atoms with E-state index in [1.807, 2.05) is 0 Å². The SMILES string of the molecule is O=C(NCCCN1CCC(N2CCCCC2)CC1)c1cc2c(s1)CCCC2. The topological polar surface area (TPSA) is 35.6 Å². The molecule has 27 heavy (non-hydrogen) atoms. The summed E-state index contributed by atoms with van der Waals surface area (Å²) in [4.78, 5) is 20.1. The number of nitrogens with one attached hydrogen (secondary N) is 1. The van der Waals surface area contributed by atoms with Crippen molar-refractivity contribution >= 4 is 17.2 Å². The van der Waals surface area contributed by atoms with Crippen molar-refractivity contribution in [3.8, 4) is 0 Å². The Morgan fingerprint density at radius 2 is 1.81 bits per heavy atom. The van der Waals surface area contributed by atoms with Gasteiger partial charge in [0.1, 0.15) is 0 Å². The van der Waals surface area contributed by atoms with Gasteiger partial charge < -0.3 is 15.1 Å². The lowest BCUT2D eigenvalue weighted by Crippen LogP contribution is -2.47. The lowest BCUT2D eigenvalue weighted by Gasteiger charge is -2.40. The van der Waals surface area contributed by atoms with Crippen LogP contribution < -0.4 is 5.32 Å². The van der Waals surface area contributed by atoms with Crippen molar-refractivity contribution < 1.29 is 4.79 Å². The number of carbonyl (C=O) groups excluding carboxylic acids is 1. The number of piperidine rings is 2. The Balaban J connectivity index is 1.12. The Labute approximate surface area is 168 Å². The molecule has 5 heteroatoms. The minimum Gasteiger partial charge on any atom is -0.351 e. The van der Waals surface area contributed by atoms with E-state index in [-0.39, 0.29) is 5.91 Å². The zero-order chi connectivity index (χ0) is 18.5. The van der Waals surface area contributed by atoms with E-state index in [0.717, 1.165) is 36.9 Å². The monoisotopic (exact) mass is 389 g/mol. The van der Waals surface area contributed by atoms with Gasteiger partial charge in [-0.3, -0.25) is 4.79 Å². The molecule has 4 nitrogen and oxygen atoms in total. The molecule has 4 rings (SSSR count). The van der Waals surface area contributed by atoms with Crippen LogP contribution in [0.25, 0.3) is 0 Å². The van der Waals surface area contributed by atoms with Gasteiger partial charge in [0.2, 0.25) is 0 Å². The van der Waals surface area contributed by atoms with Crippen LogP contribution in [0.2, 0.25) is 0 Å². The average Bonchev–Trinajstić information content (AvgIpc) is 3.17. The lowest BCUT2D eigenvalue weighted by atomic mass is 9.99. The number of hydrogen-bond acceptors (Lipinski definition) is 4. The van der Waals surface area contributed by atoms with E-state index in [1.54, 1.807) is 11.3 Å². The van der Waals surface area contributed by atoms with Crippen molar-refractivity contribution in [2.45, 2.75) is 70.3 Å². The third kappa shape index (κ3) is 5.12. The summed E-state index contributed by atoms with van der Waals surface area (Å²) in [6.07, 6.45) is 12.8. The summed E-state index contributed by atoms with van der Waals surface area (Å²) in [7, 11) is 0. The molecular weight excluding hydrogens is 354 g/mol. The fourth-order valence-corrected chi connectivity index (χ4v) is 6.16. The van der Waals surface area contributed by atoms with Crippen molar-refractivity contribution in [1.82, 2.24) is 15.1 Å². The zero-order valence-electron chi connectivity index (χ0n) is 16.7. The van der Waals surface area contributed by atoms with Crippen molar-refractivity contribution in [1.29, 1.82) is 0 Å². The van der Waals surface area contributed by atoms with Gasteiger partial charge in [0, 0.05) is 17.5 Å². The normalized spacial score (nSPS) is 22.5. The van der Waals surface area contributed by atoms with E-state index in [4.69, 9.17) is 0 Å². The highest BCUT2D eigenvalue weighted by molar-refractivity contribution is 7.14. The second kappa shape index (κ2) is 9.53. The van der Waals surface area contributed by atoms with Crippen molar-refractivity contribution in [3.63, 3.8) is 0 Å². The lowest BCUT2D eigenvalue weighted by molar-refractivity contribution is 0.0904. The number of nitrogens with zero attached hydrogens (tertiary/aromatic N) is 2. The highest BCUT2D eigenvalue weighted by Crippen LogP contribution is 2.29. The molecular formula is C22H35N3OS. The predicted octanol–water partition coefficient (Wildman–Crippen LogP) is 3.70. The predicted molar refractivity (Wildman–Crippen MR) is 113 cm³/mol. The summed E-state index contributed by atoms with van der Waals surface area (Å²) in [6, 6.07) is 2.96. The van der Waals surface area contributed by atoms with E-state index in [1.165, 1.54) is 88.0 Å². The molecule has 0 radical (unpaired) electrons. The standard InChI is InChI=1S/C22H35N3OS/c26-22(21-17-18-7-2-3-8-20(18)27-21)23-11-6-12-24-15-9-19(10-16-24)25-13-4-1-5-14-25/h17,19H,1-16H2,(H,23,26). The van der Waals surface area contributed by atoms with Crippen LogP contribution in [0.15, 0.2) is 6.07 Å². The third-order valence-electron chi connectivity index (χ3n) is 6.62. The Bertz CT molecular complexity index is 592. The number of amides is 1. The molecule has 0 saturated carbocycles. The van der Waals surface area contributed by atoms with Crippen LogP contribution in [0.3, 0.4) is 0 Å². The van der Waals surface area contributed by atoms with Crippen LogP contribution in [0.4, 0.5) is 0 Å². The summed E-state index contributed by atoms with van der Waals surface area (Å²) in [5.74, 6) is 0.137. The quantitative estimate of drug-likeness (QED) is 0.754. The minimum atomic E-state index is 0.137. The maximum atomic E-state index is 12.4. The van der Waals surface area contributed by atoms with Gasteiger partial charge in [0.15, 0.2) is 0 Å². The average molecular weight is 390 g/mol. The molecule has 1 aromatic heterocycles. The summed E-state index contributed by atoms with van der Waals surface area (Å²) in [5, 5.41) is 3.14. The number of rotatable bonds is 6. The largest absolute Gasteiger partial charge is 0.351 e. The van der Waals surface area contributed by atoms with Crippen LogP contribution in [0.1, 0.15) is 71.5 Å². The first-order valence-corrected chi connectivity index (χ1v) is 12.0. The Morgan fingerprint density at radius 1 is 1.04 bits per heavy atom. The van der Waals surface area contributed by atoms with Crippen LogP contribution in [0.5, 0.6) is 0 Å². The van der Waals surface area contributed by atoms with E-state index < -0.39 is 0 Å². The first-order chi connectivity index (χ1) is 13.3. The molecule has 0 bridgehead atoms. The number of aryl methyl sites for hydroxylation is 2. The molecule has 0 unspecified atom stereocenters. The van der Waals surface area contributed by atoms with E-state index >= 15 is 0 Å². The van der Waals surface area contributed by atoms with Gasteiger partial charge in [-0.15, -0.1) is 11.3 Å². The molecule has 1 aromatic rings.